The number of halogens is 2. The molecular weight excluding hydrogens is 343 g/mol. The van der Waals surface area contributed by atoms with Gasteiger partial charge in [-0.1, -0.05) is 37.4 Å². The molecule has 6 heteroatoms. The minimum atomic E-state index is -0.734. The molecule has 0 saturated heterocycles. The molecule has 0 fully saturated rings. The van der Waals surface area contributed by atoms with Crippen molar-refractivity contribution in [1.29, 1.82) is 0 Å². The van der Waals surface area contributed by atoms with E-state index in [2.05, 4.69) is 25.5 Å². The molecule has 1 aromatic heterocycles. The number of nitrogens with zero attached hydrogens (tertiary/aromatic N) is 2. The molecule has 1 N–H and O–H groups in total. The van der Waals surface area contributed by atoms with Gasteiger partial charge < -0.3 is 5.11 Å². The SMILES string of the molecule is CC(C)(C)c1nnsc1C(O)Cc1cccc(F)c1Br. The lowest BCUT2D eigenvalue weighted by atomic mass is 9.89. The van der Waals surface area contributed by atoms with E-state index in [1.165, 1.54) is 17.6 Å². The predicted molar refractivity (Wildman–Crippen MR) is 81.4 cm³/mol. The Bertz CT molecular complexity index is 609. The monoisotopic (exact) mass is 358 g/mol. The van der Waals surface area contributed by atoms with E-state index in [1.54, 1.807) is 12.1 Å². The zero-order chi connectivity index (χ0) is 14.9. The summed E-state index contributed by atoms with van der Waals surface area (Å²) >= 11 is 4.41. The van der Waals surface area contributed by atoms with Crippen LogP contribution in [-0.2, 0) is 11.8 Å². The Labute approximate surface area is 130 Å². The van der Waals surface area contributed by atoms with Crippen LogP contribution in [0.2, 0.25) is 0 Å². The zero-order valence-electron chi connectivity index (χ0n) is 11.5. The van der Waals surface area contributed by atoms with Crippen LogP contribution < -0.4 is 0 Å². The third-order valence-electron chi connectivity index (χ3n) is 2.97. The van der Waals surface area contributed by atoms with Crippen molar-refractivity contribution >= 4 is 27.5 Å². The smallest absolute Gasteiger partial charge is 0.137 e. The largest absolute Gasteiger partial charge is 0.387 e. The predicted octanol–water partition coefficient (Wildman–Crippen LogP) is 4.01. The summed E-state index contributed by atoms with van der Waals surface area (Å²) in [5.41, 5.74) is 1.34. The van der Waals surface area contributed by atoms with Gasteiger partial charge in [0.15, 0.2) is 0 Å². The summed E-state index contributed by atoms with van der Waals surface area (Å²) < 4.78 is 17.8. The quantitative estimate of drug-likeness (QED) is 0.901. The standard InChI is InChI=1S/C14H16BrFN2OS/c1-14(2,3)13-12(20-18-17-13)10(19)7-8-5-4-6-9(16)11(8)15/h4-6,10,19H,7H2,1-3H3. The van der Waals surface area contributed by atoms with Crippen molar-refractivity contribution in [2.45, 2.75) is 38.7 Å². The molecule has 0 saturated carbocycles. The molecule has 2 rings (SSSR count). The molecule has 1 aromatic carbocycles. The van der Waals surface area contributed by atoms with E-state index in [9.17, 15) is 9.50 Å². The van der Waals surface area contributed by atoms with Crippen LogP contribution >= 0.6 is 27.5 Å². The van der Waals surface area contributed by atoms with Crippen LogP contribution in [0.5, 0.6) is 0 Å². The van der Waals surface area contributed by atoms with Gasteiger partial charge in [0.1, 0.15) is 5.82 Å². The third kappa shape index (κ3) is 3.24. The number of hydrogen-bond donors (Lipinski definition) is 1. The highest BCUT2D eigenvalue weighted by Gasteiger charge is 2.26. The van der Waals surface area contributed by atoms with Gasteiger partial charge in [0, 0.05) is 11.8 Å². The second-order valence-electron chi connectivity index (χ2n) is 5.67. The average Bonchev–Trinajstić information content (AvgIpc) is 2.84. The fourth-order valence-corrected chi connectivity index (χ4v) is 3.22. The van der Waals surface area contributed by atoms with Gasteiger partial charge in [-0.3, -0.25) is 0 Å². The number of rotatable bonds is 3. The van der Waals surface area contributed by atoms with Gasteiger partial charge >= 0.3 is 0 Å². The molecule has 1 atom stereocenters. The lowest BCUT2D eigenvalue weighted by Gasteiger charge is -2.19. The van der Waals surface area contributed by atoms with Gasteiger partial charge in [-0.05, 0) is 39.1 Å². The minimum absolute atomic E-state index is 0.178. The number of hydrogen-bond acceptors (Lipinski definition) is 4. The van der Waals surface area contributed by atoms with Crippen molar-refractivity contribution in [1.82, 2.24) is 9.59 Å². The topological polar surface area (TPSA) is 46.0 Å². The Hall–Kier alpha value is -0.850. The molecule has 2 aromatic rings. The molecule has 0 aliphatic rings. The Morgan fingerprint density at radius 1 is 1.40 bits per heavy atom. The summed E-state index contributed by atoms with van der Waals surface area (Å²) in [5, 5.41) is 14.5. The first-order valence-electron chi connectivity index (χ1n) is 6.24. The van der Waals surface area contributed by atoms with E-state index in [1.807, 2.05) is 20.8 Å². The molecule has 1 heterocycles. The van der Waals surface area contributed by atoms with Crippen molar-refractivity contribution in [3.8, 4) is 0 Å². The molecule has 0 bridgehead atoms. The lowest BCUT2D eigenvalue weighted by Crippen LogP contribution is -2.16. The summed E-state index contributed by atoms with van der Waals surface area (Å²) in [5.74, 6) is -0.326. The van der Waals surface area contributed by atoms with E-state index >= 15 is 0 Å². The summed E-state index contributed by atoms with van der Waals surface area (Å²) in [4.78, 5) is 0.744. The van der Waals surface area contributed by atoms with Crippen molar-refractivity contribution in [3.63, 3.8) is 0 Å². The molecule has 0 aliphatic heterocycles. The molecule has 0 spiro atoms. The Kier molecular flexibility index (Phi) is 4.56. The second kappa shape index (κ2) is 5.87. The lowest BCUT2D eigenvalue weighted by molar-refractivity contribution is 0.179. The first kappa shape index (κ1) is 15.5. The maximum absolute atomic E-state index is 13.5. The molecule has 0 amide bonds. The number of benzene rings is 1. The molecule has 20 heavy (non-hydrogen) atoms. The number of aromatic nitrogens is 2. The fourth-order valence-electron chi connectivity index (χ4n) is 1.94. The van der Waals surface area contributed by atoms with E-state index in [0.717, 1.165) is 16.1 Å². The highest BCUT2D eigenvalue weighted by molar-refractivity contribution is 9.10. The molecule has 0 radical (unpaired) electrons. The molecule has 1 unspecified atom stereocenters. The van der Waals surface area contributed by atoms with Gasteiger partial charge in [-0.2, -0.15) is 0 Å². The van der Waals surface area contributed by atoms with Gasteiger partial charge in [-0.25, -0.2) is 4.39 Å². The third-order valence-corrected chi connectivity index (χ3v) is 4.68. The summed E-state index contributed by atoms with van der Waals surface area (Å²) in [6.45, 7) is 6.08. The van der Waals surface area contributed by atoms with Crippen LogP contribution in [-0.4, -0.2) is 14.7 Å². The second-order valence-corrected chi connectivity index (χ2v) is 7.25. The van der Waals surface area contributed by atoms with Crippen LogP contribution in [0.3, 0.4) is 0 Å². The maximum Gasteiger partial charge on any atom is 0.137 e. The van der Waals surface area contributed by atoms with E-state index in [4.69, 9.17) is 0 Å². The first-order valence-corrected chi connectivity index (χ1v) is 7.81. The van der Waals surface area contributed by atoms with Crippen LogP contribution in [0.15, 0.2) is 22.7 Å². The van der Waals surface area contributed by atoms with E-state index < -0.39 is 6.10 Å². The van der Waals surface area contributed by atoms with Crippen LogP contribution in [0.4, 0.5) is 4.39 Å². The number of aliphatic hydroxyl groups excluding tert-OH is 1. The van der Waals surface area contributed by atoms with Crippen LogP contribution in [0, 0.1) is 5.82 Å². The summed E-state index contributed by atoms with van der Waals surface area (Å²) in [6, 6.07) is 4.81. The Morgan fingerprint density at radius 3 is 2.75 bits per heavy atom. The zero-order valence-corrected chi connectivity index (χ0v) is 13.9. The molecule has 108 valence electrons. The fraction of sp³-hybridized carbons (Fsp3) is 0.429. The van der Waals surface area contributed by atoms with Crippen molar-refractivity contribution < 1.29 is 9.50 Å². The highest BCUT2D eigenvalue weighted by Crippen LogP contribution is 2.33. The Balaban J connectivity index is 2.27. The number of aliphatic hydroxyl groups is 1. The average molecular weight is 359 g/mol. The van der Waals surface area contributed by atoms with Gasteiger partial charge in [0.25, 0.3) is 0 Å². The van der Waals surface area contributed by atoms with Crippen molar-refractivity contribution in [2.75, 3.05) is 0 Å². The van der Waals surface area contributed by atoms with Gasteiger partial charge in [0.05, 0.1) is 21.1 Å². The van der Waals surface area contributed by atoms with E-state index in [0.29, 0.717) is 10.9 Å². The molecule has 3 nitrogen and oxygen atoms in total. The van der Waals surface area contributed by atoms with Crippen LogP contribution in [0.1, 0.15) is 43.0 Å². The Morgan fingerprint density at radius 2 is 2.10 bits per heavy atom. The van der Waals surface area contributed by atoms with Crippen LogP contribution in [0.25, 0.3) is 0 Å². The maximum atomic E-state index is 13.5. The van der Waals surface area contributed by atoms with Crippen molar-refractivity contribution in [2.24, 2.45) is 0 Å². The minimum Gasteiger partial charge on any atom is -0.387 e. The van der Waals surface area contributed by atoms with E-state index in [-0.39, 0.29) is 11.2 Å². The summed E-state index contributed by atoms with van der Waals surface area (Å²) in [7, 11) is 0. The van der Waals surface area contributed by atoms with Gasteiger partial charge in [-0.15, -0.1) is 5.10 Å². The normalized spacial score (nSPS) is 13.5. The van der Waals surface area contributed by atoms with Gasteiger partial charge in [0.2, 0.25) is 0 Å². The molecule has 0 aliphatic carbocycles. The summed E-state index contributed by atoms with van der Waals surface area (Å²) in [6.07, 6.45) is -0.409. The van der Waals surface area contributed by atoms with Crippen molar-refractivity contribution in [3.05, 3.63) is 44.6 Å². The molecular formula is C14H16BrFN2OS. The highest BCUT2D eigenvalue weighted by atomic mass is 79.9. The first-order chi connectivity index (χ1) is 9.30.